The summed E-state index contributed by atoms with van der Waals surface area (Å²) in [6.07, 6.45) is 2.02. The van der Waals surface area contributed by atoms with Crippen LogP contribution in [-0.2, 0) is 33.3 Å². The van der Waals surface area contributed by atoms with E-state index in [4.69, 9.17) is 30.8 Å². The second-order valence-electron chi connectivity index (χ2n) is 9.98. The van der Waals surface area contributed by atoms with Crippen molar-refractivity contribution in [3.8, 4) is 0 Å². The molecule has 220 valence electrons. The van der Waals surface area contributed by atoms with E-state index in [1.807, 2.05) is 6.92 Å². The van der Waals surface area contributed by atoms with Crippen molar-refractivity contribution in [2.75, 3.05) is 31.1 Å². The Kier molecular flexibility index (Phi) is 11.3. The molecule has 3 rings (SSSR count). The van der Waals surface area contributed by atoms with Crippen molar-refractivity contribution >= 4 is 41.7 Å². The molecule has 2 saturated heterocycles. The van der Waals surface area contributed by atoms with Gasteiger partial charge in [-0.2, -0.15) is 5.48 Å². The van der Waals surface area contributed by atoms with Crippen molar-refractivity contribution in [1.82, 2.24) is 25.3 Å². The van der Waals surface area contributed by atoms with Gasteiger partial charge in [-0.3, -0.25) is 4.79 Å². The van der Waals surface area contributed by atoms with E-state index in [1.165, 1.54) is 6.08 Å². The van der Waals surface area contributed by atoms with Crippen molar-refractivity contribution in [3.05, 3.63) is 37.3 Å². The van der Waals surface area contributed by atoms with Crippen LogP contribution in [0.5, 0.6) is 0 Å². The summed E-state index contributed by atoms with van der Waals surface area (Å²) in [5.41, 5.74) is 2.90. The molecule has 0 aromatic heterocycles. The average molecular weight is 606 g/mol. The molecule has 15 heteroatoms. The molecule has 1 amide bonds. The van der Waals surface area contributed by atoms with E-state index in [-0.39, 0.29) is 47.8 Å². The second-order valence-corrected chi connectivity index (χ2v) is 14.0. The Morgan fingerprint density at radius 3 is 2.51 bits per heavy atom. The van der Waals surface area contributed by atoms with E-state index < -0.39 is 42.9 Å². The lowest BCUT2D eigenvalue weighted by Crippen LogP contribution is -2.51. The lowest BCUT2D eigenvalue weighted by molar-refractivity contribution is -0.118. The van der Waals surface area contributed by atoms with Gasteiger partial charge in [0.1, 0.15) is 11.9 Å². The van der Waals surface area contributed by atoms with E-state index in [2.05, 4.69) is 56.3 Å². The SMILES string of the molecule is C=CCNOP(O[C@@H]1C(OC(=S)N2CCS(=O)(=O)CC2)[C@H](N2C=CC(=O)NC2=C)O[C@@H]1C)N(C(C)C)C(C)C. The minimum atomic E-state index is -3.10. The van der Waals surface area contributed by atoms with Gasteiger partial charge in [0.05, 0.1) is 17.6 Å². The number of hydrogen-bond donors (Lipinski definition) is 2. The Balaban J connectivity index is 1.90. The third-order valence-electron chi connectivity index (χ3n) is 6.33. The molecule has 0 radical (unpaired) electrons. The summed E-state index contributed by atoms with van der Waals surface area (Å²) in [5, 5.41) is 2.83. The first-order valence-corrected chi connectivity index (χ1v) is 16.2. The lowest BCUT2D eigenvalue weighted by atomic mass is 10.1. The maximum Gasteiger partial charge on any atom is 0.277 e. The molecule has 3 aliphatic rings. The molecule has 3 aliphatic heterocycles. The largest absolute Gasteiger partial charge is 0.460 e. The van der Waals surface area contributed by atoms with Crippen molar-refractivity contribution < 1.29 is 31.8 Å². The molecule has 0 saturated carbocycles. The number of carbonyl (C=O) groups excluding carboxylic acids is 1. The number of amides is 1. The Hall–Kier alpha value is -1.64. The highest BCUT2D eigenvalue weighted by Crippen LogP contribution is 2.49. The highest BCUT2D eigenvalue weighted by molar-refractivity contribution is 7.91. The standard InChI is InChI=1S/C24H40N5O7PS2/c1-8-10-25-36-37(29(16(2)3)17(4)5)35-21-18(6)33-23(28-11-9-20(30)26-19(28)7)22(21)34-24(38)27-12-14-39(31,32)15-13-27/h8-9,11,16-18,21-23,25H,1,7,10,12-15H2,2-6H3,(H,26,30)/t18-,21+,22?,23-,37?/m1/s1. The number of carbonyl (C=O) groups is 1. The van der Waals surface area contributed by atoms with Crippen LogP contribution < -0.4 is 10.8 Å². The summed E-state index contributed by atoms with van der Waals surface area (Å²) in [6, 6.07) is 0.205. The molecule has 39 heavy (non-hydrogen) atoms. The molecule has 0 spiro atoms. The first-order valence-electron chi connectivity index (χ1n) is 12.9. The van der Waals surface area contributed by atoms with Crippen LogP contribution >= 0.6 is 20.7 Å². The number of hydroxylamine groups is 1. The van der Waals surface area contributed by atoms with E-state index in [9.17, 15) is 13.2 Å². The molecule has 0 aromatic carbocycles. The fourth-order valence-electron chi connectivity index (χ4n) is 4.46. The number of thiocarbonyl (C=S) groups is 1. The van der Waals surface area contributed by atoms with Gasteiger partial charge in [0.15, 0.2) is 22.2 Å². The minimum absolute atomic E-state index is 0.000969. The van der Waals surface area contributed by atoms with Crippen molar-refractivity contribution in [1.29, 1.82) is 0 Å². The van der Waals surface area contributed by atoms with Crippen LogP contribution in [0, 0.1) is 0 Å². The van der Waals surface area contributed by atoms with Crippen LogP contribution in [0.2, 0.25) is 0 Å². The predicted molar refractivity (Wildman–Crippen MR) is 153 cm³/mol. The molecule has 3 heterocycles. The van der Waals surface area contributed by atoms with Crippen LogP contribution in [0.15, 0.2) is 37.3 Å². The van der Waals surface area contributed by atoms with Crippen molar-refractivity contribution in [3.63, 3.8) is 0 Å². The number of rotatable bonds is 11. The Morgan fingerprint density at radius 2 is 1.95 bits per heavy atom. The van der Waals surface area contributed by atoms with Gasteiger partial charge in [0.2, 0.25) is 0 Å². The first kappa shape index (κ1) is 31.9. The highest BCUT2D eigenvalue weighted by atomic mass is 32.2. The summed E-state index contributed by atoms with van der Waals surface area (Å²) in [5.74, 6) is 0.0236. The van der Waals surface area contributed by atoms with Gasteiger partial charge < -0.3 is 29.1 Å². The molecular formula is C24H40N5O7PS2. The fraction of sp³-hybridized carbons (Fsp3) is 0.667. The molecule has 2 fully saturated rings. The predicted octanol–water partition coefficient (Wildman–Crippen LogP) is 1.99. The summed E-state index contributed by atoms with van der Waals surface area (Å²) >= 11 is 5.62. The maximum atomic E-state index is 11.9. The van der Waals surface area contributed by atoms with Gasteiger partial charge in [-0.05, 0) is 46.8 Å². The van der Waals surface area contributed by atoms with Gasteiger partial charge >= 0.3 is 0 Å². The third kappa shape index (κ3) is 8.20. The zero-order chi connectivity index (χ0) is 28.9. The number of hydrogen-bond acceptors (Lipinski definition) is 11. The first-order chi connectivity index (χ1) is 18.3. The normalized spacial score (nSPS) is 27.8. The molecule has 0 aliphatic carbocycles. The van der Waals surface area contributed by atoms with Gasteiger partial charge in [0.25, 0.3) is 19.6 Å². The second kappa shape index (κ2) is 13.8. The van der Waals surface area contributed by atoms with Crippen molar-refractivity contribution in [2.24, 2.45) is 0 Å². The molecule has 2 unspecified atom stereocenters. The Morgan fingerprint density at radius 1 is 1.31 bits per heavy atom. The van der Waals surface area contributed by atoms with Crippen molar-refractivity contribution in [2.45, 2.75) is 71.2 Å². The van der Waals surface area contributed by atoms with Gasteiger partial charge in [0, 0.05) is 44.0 Å². The number of nitrogens with one attached hydrogen (secondary N) is 2. The van der Waals surface area contributed by atoms with Gasteiger partial charge in [-0.1, -0.05) is 12.7 Å². The fourth-order valence-corrected chi connectivity index (χ4v) is 7.64. The van der Waals surface area contributed by atoms with E-state index in [0.29, 0.717) is 12.4 Å². The minimum Gasteiger partial charge on any atom is -0.460 e. The van der Waals surface area contributed by atoms with E-state index >= 15 is 0 Å². The zero-order valence-electron chi connectivity index (χ0n) is 23.1. The smallest absolute Gasteiger partial charge is 0.277 e. The summed E-state index contributed by atoms with van der Waals surface area (Å²) < 4.78 is 51.3. The average Bonchev–Trinajstić information content (AvgIpc) is 3.13. The number of ether oxygens (including phenoxy) is 2. The quantitative estimate of drug-likeness (QED) is 0.118. The molecule has 5 atom stereocenters. The van der Waals surface area contributed by atoms with E-state index in [0.717, 1.165) is 0 Å². The van der Waals surface area contributed by atoms with Crippen LogP contribution in [0.4, 0.5) is 0 Å². The molecule has 12 nitrogen and oxygen atoms in total. The summed E-state index contributed by atoms with van der Waals surface area (Å²) in [7, 11) is -4.73. The van der Waals surface area contributed by atoms with Crippen LogP contribution in [-0.4, -0.2) is 102 Å². The maximum absolute atomic E-state index is 11.9. The summed E-state index contributed by atoms with van der Waals surface area (Å²) in [6.45, 7) is 18.7. The Labute approximate surface area is 238 Å². The summed E-state index contributed by atoms with van der Waals surface area (Å²) in [4.78, 5) is 15.3. The van der Waals surface area contributed by atoms with Gasteiger partial charge in [-0.25, -0.2) is 17.7 Å². The number of nitrogens with zero attached hydrogens (tertiary/aromatic N) is 3. The zero-order valence-corrected chi connectivity index (χ0v) is 25.6. The molecular weight excluding hydrogens is 565 g/mol. The molecule has 2 N–H and O–H groups in total. The number of sulfone groups is 1. The van der Waals surface area contributed by atoms with E-state index in [1.54, 1.807) is 22.1 Å². The molecule has 0 aromatic rings. The highest BCUT2D eigenvalue weighted by Gasteiger charge is 2.51. The van der Waals surface area contributed by atoms with Crippen LogP contribution in [0.3, 0.4) is 0 Å². The molecule has 0 bridgehead atoms. The van der Waals surface area contributed by atoms with Gasteiger partial charge in [-0.15, -0.1) is 6.58 Å². The van der Waals surface area contributed by atoms with Crippen LogP contribution in [0.25, 0.3) is 0 Å². The van der Waals surface area contributed by atoms with Crippen LogP contribution in [0.1, 0.15) is 34.6 Å². The monoisotopic (exact) mass is 605 g/mol. The Bertz CT molecular complexity index is 1040. The third-order valence-corrected chi connectivity index (χ3v) is 10.3. The topological polar surface area (TPSA) is 122 Å². The lowest BCUT2D eigenvalue weighted by Gasteiger charge is -2.39.